The van der Waals surface area contributed by atoms with Gasteiger partial charge >= 0.3 is 0 Å². The van der Waals surface area contributed by atoms with Crippen molar-refractivity contribution in [1.82, 2.24) is 4.90 Å². The first kappa shape index (κ1) is 16.4. The zero-order valence-corrected chi connectivity index (χ0v) is 14.2. The largest absolute Gasteiger partial charge is 0.497 e. The van der Waals surface area contributed by atoms with Gasteiger partial charge in [0.2, 0.25) is 0 Å². The molecule has 0 radical (unpaired) electrons. The van der Waals surface area contributed by atoms with Crippen LogP contribution in [0.15, 0.2) is 59.6 Å². The van der Waals surface area contributed by atoms with Gasteiger partial charge in [-0.2, -0.15) is 0 Å². The van der Waals surface area contributed by atoms with Gasteiger partial charge in [0.15, 0.2) is 11.8 Å². The molecular formula is C18H18N2O3S. The SMILES string of the molecule is COc1ccc(N=C2SCCN2C(=O)COc2ccccc2)cc1. The number of hydrogen-bond acceptors (Lipinski definition) is 5. The number of amidine groups is 1. The van der Waals surface area contributed by atoms with E-state index >= 15 is 0 Å². The van der Waals surface area contributed by atoms with E-state index in [1.54, 1.807) is 23.8 Å². The summed E-state index contributed by atoms with van der Waals surface area (Å²) in [6, 6.07) is 16.8. The van der Waals surface area contributed by atoms with Crippen LogP contribution in [0.4, 0.5) is 5.69 Å². The molecule has 124 valence electrons. The maximum atomic E-state index is 12.4. The second kappa shape index (κ2) is 7.88. The Balaban J connectivity index is 1.65. The molecule has 1 saturated heterocycles. The first-order valence-electron chi connectivity index (χ1n) is 7.60. The van der Waals surface area contributed by atoms with Crippen molar-refractivity contribution in [3.8, 4) is 11.5 Å². The summed E-state index contributed by atoms with van der Waals surface area (Å²) in [6.45, 7) is 0.656. The maximum absolute atomic E-state index is 12.4. The van der Waals surface area contributed by atoms with Gasteiger partial charge in [0.05, 0.1) is 12.8 Å². The highest BCUT2D eigenvalue weighted by molar-refractivity contribution is 8.14. The summed E-state index contributed by atoms with van der Waals surface area (Å²) in [7, 11) is 1.63. The molecule has 0 bridgehead atoms. The van der Waals surface area contributed by atoms with Crippen LogP contribution in [0.25, 0.3) is 0 Å². The molecule has 1 heterocycles. The average molecular weight is 342 g/mol. The third-order valence-corrected chi connectivity index (χ3v) is 4.44. The standard InChI is InChI=1S/C18H18N2O3S/c1-22-15-9-7-14(8-10-15)19-18-20(11-12-24-18)17(21)13-23-16-5-3-2-4-6-16/h2-10H,11-13H2,1H3. The number of aliphatic imine (C=N–C) groups is 1. The molecule has 24 heavy (non-hydrogen) atoms. The molecule has 1 aliphatic heterocycles. The van der Waals surface area contributed by atoms with Crippen LogP contribution in [0.5, 0.6) is 11.5 Å². The highest BCUT2D eigenvalue weighted by Crippen LogP contribution is 2.24. The lowest BCUT2D eigenvalue weighted by Gasteiger charge is -2.16. The fourth-order valence-electron chi connectivity index (χ4n) is 2.23. The molecule has 0 atom stereocenters. The third kappa shape index (κ3) is 4.08. The number of nitrogens with zero attached hydrogens (tertiary/aromatic N) is 2. The van der Waals surface area contributed by atoms with Gasteiger partial charge in [0, 0.05) is 12.3 Å². The van der Waals surface area contributed by atoms with Crippen LogP contribution in [-0.4, -0.2) is 42.0 Å². The molecule has 0 aromatic heterocycles. The number of rotatable bonds is 5. The maximum Gasteiger partial charge on any atom is 0.266 e. The van der Waals surface area contributed by atoms with Gasteiger partial charge in [-0.3, -0.25) is 9.69 Å². The molecule has 6 heteroatoms. The van der Waals surface area contributed by atoms with Crippen molar-refractivity contribution in [1.29, 1.82) is 0 Å². The van der Waals surface area contributed by atoms with Crippen molar-refractivity contribution in [2.75, 3.05) is 26.0 Å². The lowest BCUT2D eigenvalue weighted by molar-refractivity contribution is -0.129. The number of thioether (sulfide) groups is 1. The second-order valence-electron chi connectivity index (χ2n) is 5.09. The summed E-state index contributed by atoms with van der Waals surface area (Å²) in [6.07, 6.45) is 0. The van der Waals surface area contributed by atoms with Crippen LogP contribution in [0, 0.1) is 0 Å². The van der Waals surface area contributed by atoms with Gasteiger partial charge in [-0.05, 0) is 36.4 Å². The van der Waals surface area contributed by atoms with Crippen molar-refractivity contribution in [2.24, 2.45) is 4.99 Å². The summed E-state index contributed by atoms with van der Waals surface area (Å²) in [5.74, 6) is 2.22. The van der Waals surface area contributed by atoms with Crippen LogP contribution in [0.1, 0.15) is 0 Å². The van der Waals surface area contributed by atoms with E-state index in [0.717, 1.165) is 17.2 Å². The van der Waals surface area contributed by atoms with Crippen molar-refractivity contribution in [3.05, 3.63) is 54.6 Å². The van der Waals surface area contributed by atoms with Crippen LogP contribution in [-0.2, 0) is 4.79 Å². The third-order valence-electron chi connectivity index (χ3n) is 3.48. The molecule has 0 unspecified atom stereocenters. The second-order valence-corrected chi connectivity index (χ2v) is 6.15. The highest BCUT2D eigenvalue weighted by atomic mass is 32.2. The molecule has 1 amide bonds. The van der Waals surface area contributed by atoms with Gasteiger partial charge in [0.1, 0.15) is 11.5 Å². The minimum atomic E-state index is -0.0869. The molecule has 0 N–H and O–H groups in total. The van der Waals surface area contributed by atoms with E-state index in [2.05, 4.69) is 4.99 Å². The van der Waals surface area contributed by atoms with E-state index in [1.165, 1.54) is 0 Å². The Morgan fingerprint density at radius 3 is 2.58 bits per heavy atom. The van der Waals surface area contributed by atoms with E-state index in [9.17, 15) is 4.79 Å². The van der Waals surface area contributed by atoms with Crippen LogP contribution in [0.3, 0.4) is 0 Å². The van der Waals surface area contributed by atoms with Crippen molar-refractivity contribution in [2.45, 2.75) is 0 Å². The first-order valence-corrected chi connectivity index (χ1v) is 8.58. The summed E-state index contributed by atoms with van der Waals surface area (Å²) < 4.78 is 10.7. The Morgan fingerprint density at radius 1 is 1.12 bits per heavy atom. The van der Waals surface area contributed by atoms with Crippen molar-refractivity contribution in [3.63, 3.8) is 0 Å². The Bertz CT molecular complexity index is 717. The number of benzene rings is 2. The molecule has 0 spiro atoms. The molecule has 0 aliphatic carbocycles. The van der Waals surface area contributed by atoms with E-state index in [0.29, 0.717) is 17.5 Å². The normalized spacial score (nSPS) is 15.5. The van der Waals surface area contributed by atoms with Crippen LogP contribution >= 0.6 is 11.8 Å². The molecule has 3 rings (SSSR count). The molecule has 1 fully saturated rings. The summed E-state index contributed by atoms with van der Waals surface area (Å²) in [5, 5.41) is 0.710. The number of amides is 1. The smallest absolute Gasteiger partial charge is 0.266 e. The van der Waals surface area contributed by atoms with Gasteiger partial charge in [-0.1, -0.05) is 30.0 Å². The predicted molar refractivity (Wildman–Crippen MR) is 96.2 cm³/mol. The number of para-hydroxylation sites is 1. The summed E-state index contributed by atoms with van der Waals surface area (Å²) in [5.41, 5.74) is 0.793. The molecule has 2 aromatic carbocycles. The number of methoxy groups -OCH3 is 1. The lowest BCUT2D eigenvalue weighted by Crippen LogP contribution is -2.35. The van der Waals surface area contributed by atoms with E-state index < -0.39 is 0 Å². The minimum Gasteiger partial charge on any atom is -0.497 e. The van der Waals surface area contributed by atoms with Gasteiger partial charge in [-0.25, -0.2) is 4.99 Å². The fourth-order valence-corrected chi connectivity index (χ4v) is 3.21. The predicted octanol–water partition coefficient (Wildman–Crippen LogP) is 3.34. The Labute approximate surface area is 145 Å². The lowest BCUT2D eigenvalue weighted by atomic mass is 10.3. The van der Waals surface area contributed by atoms with Gasteiger partial charge in [-0.15, -0.1) is 0 Å². The first-order chi connectivity index (χ1) is 11.8. The Kier molecular flexibility index (Phi) is 5.38. The summed E-state index contributed by atoms with van der Waals surface area (Å²) in [4.78, 5) is 18.6. The highest BCUT2D eigenvalue weighted by Gasteiger charge is 2.26. The Morgan fingerprint density at radius 2 is 1.88 bits per heavy atom. The van der Waals surface area contributed by atoms with E-state index in [4.69, 9.17) is 9.47 Å². The zero-order chi connectivity index (χ0) is 16.8. The topological polar surface area (TPSA) is 51.1 Å². The molecule has 2 aromatic rings. The molecule has 5 nitrogen and oxygen atoms in total. The number of ether oxygens (including phenoxy) is 2. The zero-order valence-electron chi connectivity index (χ0n) is 13.3. The minimum absolute atomic E-state index is 0.00616. The monoisotopic (exact) mass is 342 g/mol. The number of hydrogen-bond donors (Lipinski definition) is 0. The summed E-state index contributed by atoms with van der Waals surface area (Å²) >= 11 is 1.57. The Hall–Kier alpha value is -2.47. The van der Waals surface area contributed by atoms with E-state index in [1.807, 2.05) is 54.6 Å². The van der Waals surface area contributed by atoms with Crippen LogP contribution < -0.4 is 9.47 Å². The number of carbonyl (C=O) groups excluding carboxylic acids is 1. The van der Waals surface area contributed by atoms with Gasteiger partial charge < -0.3 is 9.47 Å². The van der Waals surface area contributed by atoms with Crippen LogP contribution in [0.2, 0.25) is 0 Å². The van der Waals surface area contributed by atoms with Crippen molar-refractivity contribution >= 4 is 28.5 Å². The van der Waals surface area contributed by atoms with E-state index in [-0.39, 0.29) is 12.5 Å². The molecule has 0 saturated carbocycles. The average Bonchev–Trinajstić information content (AvgIpc) is 3.09. The quantitative estimate of drug-likeness (QED) is 0.836. The van der Waals surface area contributed by atoms with Crippen molar-refractivity contribution < 1.29 is 14.3 Å². The molecular weight excluding hydrogens is 324 g/mol. The fraction of sp³-hybridized carbons (Fsp3) is 0.222. The number of carbonyl (C=O) groups is 1. The molecule has 1 aliphatic rings. The van der Waals surface area contributed by atoms with Gasteiger partial charge in [0.25, 0.3) is 5.91 Å².